The van der Waals surface area contributed by atoms with Crippen molar-refractivity contribution in [2.75, 3.05) is 30.3 Å². The standard InChI is InChI=1S/C47H56F6N8O3/c1-45(2,3)41-36(56-43-33-16-9-4-6-13-30(33)39(57-60-43)34-20-18-27(24-37(34)62)46(48,49)50)17-11-23-61(41)44(63)64-38-25-28(47(51,52)53)19-21-35(38)40-31-14-7-5-8-15-32(31)42(59-58-40)55-29-12-10-22-54-26-29/h18-21,24-25,29,36,41,54,62H,4-17,22-23,26H2,1-3H3,(H,55,59)(H,56,60)/t29-,36?,41+/m1/s1. The number of fused-ring (bicyclic) bond motifs is 2. The van der Waals surface area contributed by atoms with Crippen LogP contribution < -0.4 is 20.7 Å². The first-order chi connectivity index (χ1) is 30.5. The maximum atomic E-state index is 14.6. The fourth-order valence-corrected chi connectivity index (χ4v) is 10.1. The Balaban J connectivity index is 1.12. The highest BCUT2D eigenvalue weighted by molar-refractivity contribution is 5.79. The number of halogens is 6. The molecule has 0 radical (unpaired) electrons. The number of anilines is 2. The SMILES string of the molecule is CC(C)(C)[C@@H]1C(Nc2nnc(-c3ccc(C(F)(F)F)cc3O)c3c2CCCCC3)CCCN1C(=O)Oc1cc(C(F)(F)F)ccc1-c1nnc(N[C@@H]2CCCNC2)c2c1CCCCC2. The first kappa shape index (κ1) is 45.4. The highest BCUT2D eigenvalue weighted by atomic mass is 19.4. The molecule has 4 N–H and O–H groups in total. The first-order valence-corrected chi connectivity index (χ1v) is 22.6. The molecule has 17 heteroatoms. The summed E-state index contributed by atoms with van der Waals surface area (Å²) in [5, 5.41) is 39.7. The molecule has 4 aromatic rings. The quantitative estimate of drug-likeness (QED) is 0.105. The van der Waals surface area contributed by atoms with E-state index in [1.807, 2.05) is 20.8 Å². The number of ether oxygens (including phenoxy) is 1. The second-order valence-electron chi connectivity index (χ2n) is 18.7. The number of phenolic OH excluding ortho intramolecular Hbond substituents is 1. The van der Waals surface area contributed by atoms with Crippen molar-refractivity contribution in [1.82, 2.24) is 30.6 Å². The van der Waals surface area contributed by atoms with Gasteiger partial charge < -0.3 is 30.7 Å². The van der Waals surface area contributed by atoms with Crippen LogP contribution in [0.3, 0.4) is 0 Å². The Morgan fingerprint density at radius 2 is 1.27 bits per heavy atom. The number of likely N-dealkylation sites (tertiary alicyclic amines) is 1. The Morgan fingerprint density at radius 1 is 0.703 bits per heavy atom. The average molecular weight is 895 g/mol. The van der Waals surface area contributed by atoms with E-state index in [4.69, 9.17) is 4.74 Å². The van der Waals surface area contributed by atoms with Crippen LogP contribution in [0.25, 0.3) is 22.5 Å². The predicted octanol–water partition coefficient (Wildman–Crippen LogP) is 10.5. The highest BCUT2D eigenvalue weighted by Gasteiger charge is 2.44. The predicted molar refractivity (Wildman–Crippen MR) is 231 cm³/mol. The average Bonchev–Trinajstić information content (AvgIpc) is 3.66. The van der Waals surface area contributed by atoms with Crippen LogP contribution in [0.1, 0.15) is 118 Å². The van der Waals surface area contributed by atoms with Gasteiger partial charge in [0, 0.05) is 47.4 Å². The molecule has 64 heavy (non-hydrogen) atoms. The topological polar surface area (TPSA) is 137 Å². The minimum atomic E-state index is -4.71. The summed E-state index contributed by atoms with van der Waals surface area (Å²) in [6.45, 7) is 7.99. The van der Waals surface area contributed by atoms with Gasteiger partial charge in [0.25, 0.3) is 0 Å². The van der Waals surface area contributed by atoms with E-state index >= 15 is 0 Å². The molecular weight excluding hydrogens is 839 g/mol. The number of carbonyl (C=O) groups is 1. The van der Waals surface area contributed by atoms with Crippen LogP contribution in [-0.2, 0) is 38.0 Å². The van der Waals surface area contributed by atoms with Crippen molar-refractivity contribution in [1.29, 1.82) is 0 Å². The Morgan fingerprint density at radius 3 is 1.83 bits per heavy atom. The van der Waals surface area contributed by atoms with Crippen LogP contribution in [0.4, 0.5) is 42.8 Å². The Hall–Kier alpha value is -5.19. The smallest absolute Gasteiger partial charge is 0.416 e. The van der Waals surface area contributed by atoms with Crippen molar-refractivity contribution in [3.63, 3.8) is 0 Å². The van der Waals surface area contributed by atoms with Crippen molar-refractivity contribution in [2.24, 2.45) is 5.41 Å². The number of alkyl halides is 6. The number of aromatic hydroxyl groups is 1. The number of amides is 1. The van der Waals surface area contributed by atoms with Crippen LogP contribution in [0.15, 0.2) is 36.4 Å². The van der Waals surface area contributed by atoms with Gasteiger partial charge in [-0.1, -0.05) is 33.6 Å². The van der Waals surface area contributed by atoms with Crippen LogP contribution in [-0.4, -0.2) is 74.3 Å². The molecule has 0 spiro atoms. The molecule has 4 aliphatic rings. The fourth-order valence-electron chi connectivity index (χ4n) is 10.1. The Labute approximate surface area is 369 Å². The van der Waals surface area contributed by atoms with Crippen molar-refractivity contribution in [3.8, 4) is 34.0 Å². The van der Waals surface area contributed by atoms with Gasteiger partial charge in [0.15, 0.2) is 11.6 Å². The molecule has 0 bridgehead atoms. The van der Waals surface area contributed by atoms with Gasteiger partial charge in [-0.25, -0.2) is 4.79 Å². The van der Waals surface area contributed by atoms with Gasteiger partial charge in [0.05, 0.1) is 17.2 Å². The van der Waals surface area contributed by atoms with Gasteiger partial charge in [0.2, 0.25) is 0 Å². The van der Waals surface area contributed by atoms with Crippen LogP contribution in [0.2, 0.25) is 0 Å². The summed E-state index contributed by atoms with van der Waals surface area (Å²) in [6, 6.07) is 5.30. The second kappa shape index (κ2) is 18.4. The van der Waals surface area contributed by atoms with E-state index in [1.165, 1.54) is 12.1 Å². The second-order valence-corrected chi connectivity index (χ2v) is 18.7. The zero-order valence-electron chi connectivity index (χ0n) is 36.5. The maximum absolute atomic E-state index is 14.6. The van der Waals surface area contributed by atoms with Crippen molar-refractivity contribution in [2.45, 2.75) is 141 Å². The third kappa shape index (κ3) is 9.74. The molecule has 8 rings (SSSR count). The molecule has 2 aromatic heterocycles. The maximum Gasteiger partial charge on any atom is 0.416 e. The lowest BCUT2D eigenvalue weighted by atomic mass is 9.77. The molecule has 344 valence electrons. The van der Waals surface area contributed by atoms with Crippen LogP contribution >= 0.6 is 0 Å². The number of hydrogen-bond donors (Lipinski definition) is 4. The van der Waals surface area contributed by atoms with E-state index in [9.17, 15) is 36.2 Å². The number of nitrogens with zero attached hydrogens (tertiary/aromatic N) is 5. The molecule has 2 aliphatic carbocycles. The molecule has 1 amide bonds. The van der Waals surface area contributed by atoms with E-state index in [-0.39, 0.29) is 29.5 Å². The molecule has 2 aliphatic heterocycles. The fraction of sp³-hybridized carbons (Fsp3) is 0.553. The molecule has 4 heterocycles. The minimum absolute atomic E-state index is 0.157. The Bertz CT molecular complexity index is 2340. The molecular formula is C47H56F6N8O3. The van der Waals surface area contributed by atoms with Gasteiger partial charge in [-0.2, -0.15) is 26.3 Å². The zero-order valence-corrected chi connectivity index (χ0v) is 36.5. The summed E-state index contributed by atoms with van der Waals surface area (Å²) in [5.41, 5.74) is 2.17. The van der Waals surface area contributed by atoms with E-state index in [1.54, 1.807) is 4.90 Å². The molecule has 3 atom stereocenters. The zero-order chi connectivity index (χ0) is 45.4. The number of hydrogen-bond acceptors (Lipinski definition) is 10. The normalized spacial score (nSPS) is 21.0. The van der Waals surface area contributed by atoms with Crippen LogP contribution in [0, 0.1) is 5.41 Å². The van der Waals surface area contributed by atoms with E-state index in [0.29, 0.717) is 61.2 Å². The number of carbonyl (C=O) groups excluding carboxylic acids is 1. The van der Waals surface area contributed by atoms with Crippen molar-refractivity contribution in [3.05, 3.63) is 69.8 Å². The number of piperidine rings is 2. The molecule has 2 aromatic carbocycles. The Kier molecular flexibility index (Phi) is 13.0. The summed E-state index contributed by atoms with van der Waals surface area (Å²) < 4.78 is 89.6. The summed E-state index contributed by atoms with van der Waals surface area (Å²) in [5.74, 6) is 0.379. The van der Waals surface area contributed by atoms with Crippen molar-refractivity contribution >= 4 is 17.7 Å². The summed E-state index contributed by atoms with van der Waals surface area (Å²) in [6.07, 6.45) is 0.946. The third-order valence-electron chi connectivity index (χ3n) is 13.1. The van der Waals surface area contributed by atoms with Gasteiger partial charge in [-0.05, 0) is 137 Å². The molecule has 0 saturated carbocycles. The summed E-state index contributed by atoms with van der Waals surface area (Å²) >= 11 is 0. The number of aromatic nitrogens is 4. The number of rotatable bonds is 7. The number of benzene rings is 2. The van der Waals surface area contributed by atoms with Gasteiger partial charge in [-0.15, -0.1) is 20.4 Å². The largest absolute Gasteiger partial charge is 0.507 e. The van der Waals surface area contributed by atoms with Gasteiger partial charge >= 0.3 is 18.4 Å². The summed E-state index contributed by atoms with van der Waals surface area (Å²) in [4.78, 5) is 16.2. The lowest BCUT2D eigenvalue weighted by molar-refractivity contribution is -0.138. The van der Waals surface area contributed by atoms with Crippen LogP contribution in [0.5, 0.6) is 11.5 Å². The minimum Gasteiger partial charge on any atom is -0.507 e. The monoisotopic (exact) mass is 894 g/mol. The van der Waals surface area contributed by atoms with Crippen molar-refractivity contribution < 1.29 is 41.0 Å². The lowest BCUT2D eigenvalue weighted by Crippen LogP contribution is -2.59. The van der Waals surface area contributed by atoms with Gasteiger partial charge in [0.1, 0.15) is 22.9 Å². The molecule has 2 saturated heterocycles. The number of nitrogens with one attached hydrogen (secondary N) is 3. The molecule has 11 nitrogen and oxygen atoms in total. The molecule has 1 unspecified atom stereocenters. The molecule has 2 fully saturated rings. The highest BCUT2D eigenvalue weighted by Crippen LogP contribution is 2.44. The number of phenols is 1. The van der Waals surface area contributed by atoms with E-state index < -0.39 is 52.8 Å². The summed E-state index contributed by atoms with van der Waals surface area (Å²) in [7, 11) is 0. The third-order valence-corrected chi connectivity index (χ3v) is 13.1. The van der Waals surface area contributed by atoms with E-state index in [0.717, 1.165) is 111 Å². The van der Waals surface area contributed by atoms with Gasteiger partial charge in [-0.3, -0.25) is 0 Å². The van der Waals surface area contributed by atoms with E-state index in [2.05, 4.69) is 36.3 Å². The lowest BCUT2D eigenvalue weighted by Gasteiger charge is -2.47. The first-order valence-electron chi connectivity index (χ1n) is 22.6.